The first-order valence-corrected chi connectivity index (χ1v) is 11.4. The van der Waals surface area contributed by atoms with Gasteiger partial charge >= 0.3 is 0 Å². The van der Waals surface area contributed by atoms with Crippen LogP contribution in [0.5, 0.6) is 11.5 Å². The van der Waals surface area contributed by atoms with Gasteiger partial charge in [-0.05, 0) is 48.9 Å². The van der Waals surface area contributed by atoms with Crippen LogP contribution in [0.1, 0.15) is 21.6 Å². The lowest BCUT2D eigenvalue weighted by Crippen LogP contribution is -2.52. The first-order chi connectivity index (χ1) is 16.4. The number of pyridine rings is 1. The van der Waals surface area contributed by atoms with Crippen LogP contribution in [0.25, 0.3) is 11.1 Å². The van der Waals surface area contributed by atoms with Crippen LogP contribution >= 0.6 is 11.6 Å². The Morgan fingerprint density at radius 1 is 1.24 bits per heavy atom. The Kier molecular flexibility index (Phi) is 5.96. The van der Waals surface area contributed by atoms with Crippen molar-refractivity contribution in [2.45, 2.75) is 13.3 Å². The minimum absolute atomic E-state index is 0.0375. The lowest BCUT2D eigenvalue weighted by Gasteiger charge is -2.39. The number of ketones is 1. The molecule has 0 spiro atoms. The summed E-state index contributed by atoms with van der Waals surface area (Å²) in [5.74, 6) is 0.0153. The number of nitrogens with zero attached hydrogens (tertiary/aromatic N) is 2. The zero-order chi connectivity index (χ0) is 23.8. The number of rotatable bonds is 5. The molecule has 2 aliphatic rings. The molecule has 0 saturated carbocycles. The van der Waals surface area contributed by atoms with Gasteiger partial charge in [0.25, 0.3) is 5.91 Å². The topological polar surface area (TPSA) is 68.7 Å². The summed E-state index contributed by atoms with van der Waals surface area (Å²) in [6, 6.07) is 12.0. The first-order valence-electron chi connectivity index (χ1n) is 11.0. The largest absolute Gasteiger partial charge is 0.493 e. The summed E-state index contributed by atoms with van der Waals surface area (Å²) in [7, 11) is 0. The predicted molar refractivity (Wildman–Crippen MR) is 125 cm³/mol. The van der Waals surface area contributed by atoms with Gasteiger partial charge in [0.1, 0.15) is 23.9 Å². The number of carbonyl (C=O) groups is 2. The number of fused-ring (bicyclic) bond motifs is 1. The third-order valence-corrected chi connectivity index (χ3v) is 6.26. The lowest BCUT2D eigenvalue weighted by atomic mass is 9.97. The molecular formula is C26H22ClFN2O4. The smallest absolute Gasteiger partial charge is 0.256 e. The van der Waals surface area contributed by atoms with E-state index >= 15 is 0 Å². The Morgan fingerprint density at radius 2 is 2.06 bits per heavy atom. The molecule has 1 saturated heterocycles. The highest BCUT2D eigenvalue weighted by Gasteiger charge is 2.34. The molecule has 6 nitrogen and oxygen atoms in total. The molecular weight excluding hydrogens is 459 g/mol. The monoisotopic (exact) mass is 480 g/mol. The summed E-state index contributed by atoms with van der Waals surface area (Å²) in [4.78, 5) is 30.3. The van der Waals surface area contributed by atoms with E-state index in [0.29, 0.717) is 41.8 Å². The summed E-state index contributed by atoms with van der Waals surface area (Å²) in [5, 5.41) is 0.608. The number of benzene rings is 2. The molecule has 174 valence electrons. The van der Waals surface area contributed by atoms with E-state index in [0.717, 1.165) is 16.8 Å². The maximum atomic E-state index is 14.5. The van der Waals surface area contributed by atoms with E-state index in [4.69, 9.17) is 21.1 Å². The molecule has 2 aromatic carbocycles. The van der Waals surface area contributed by atoms with Crippen molar-refractivity contribution >= 4 is 23.3 Å². The zero-order valence-corrected chi connectivity index (χ0v) is 19.3. The molecule has 0 N–H and O–H groups in total. The average molecular weight is 481 g/mol. The molecule has 0 atom stereocenters. The molecule has 0 aliphatic carbocycles. The number of ether oxygens (including phenoxy) is 2. The first kappa shape index (κ1) is 22.3. The fourth-order valence-electron chi connectivity index (χ4n) is 4.24. The average Bonchev–Trinajstić information content (AvgIpc) is 2.78. The predicted octanol–water partition coefficient (Wildman–Crippen LogP) is 4.50. The van der Waals surface area contributed by atoms with Gasteiger partial charge in [0.05, 0.1) is 12.2 Å². The number of Topliss-reactive ketones (excluding diaryl/α,β-unsaturated/α-hetero) is 1. The quantitative estimate of drug-likeness (QED) is 0.537. The standard InChI is InChI=1S/C26H22ClFN2O4/c1-15-6-17(4-5-29-15)21-9-19(27)2-3-24(21)33-13-16-11-30(12-16)26(32)22-8-18-7-20(31)14-34-25(18)10-23(22)28/h2-6,8-10,16H,7,11-14H2,1H3. The summed E-state index contributed by atoms with van der Waals surface area (Å²) >= 11 is 6.21. The van der Waals surface area contributed by atoms with Gasteiger partial charge in [0.2, 0.25) is 0 Å². The molecule has 1 fully saturated rings. The van der Waals surface area contributed by atoms with E-state index < -0.39 is 11.7 Å². The third-order valence-electron chi connectivity index (χ3n) is 6.03. The number of hydrogen-bond acceptors (Lipinski definition) is 5. The summed E-state index contributed by atoms with van der Waals surface area (Å²) in [6.07, 6.45) is 1.89. The van der Waals surface area contributed by atoms with Crippen molar-refractivity contribution in [2.24, 2.45) is 5.92 Å². The molecule has 5 rings (SSSR count). The Balaban J connectivity index is 1.23. The minimum atomic E-state index is -0.642. The highest BCUT2D eigenvalue weighted by molar-refractivity contribution is 6.31. The minimum Gasteiger partial charge on any atom is -0.493 e. The second-order valence-corrected chi connectivity index (χ2v) is 9.09. The van der Waals surface area contributed by atoms with Crippen molar-refractivity contribution in [3.63, 3.8) is 0 Å². The Labute approximate surface area is 201 Å². The fourth-order valence-corrected chi connectivity index (χ4v) is 4.42. The maximum Gasteiger partial charge on any atom is 0.256 e. The molecule has 3 heterocycles. The van der Waals surface area contributed by atoms with Crippen molar-refractivity contribution < 1.29 is 23.5 Å². The Hall–Kier alpha value is -3.45. The van der Waals surface area contributed by atoms with Gasteiger partial charge in [-0.1, -0.05) is 11.6 Å². The molecule has 8 heteroatoms. The molecule has 0 radical (unpaired) electrons. The number of likely N-dealkylation sites (tertiary alicyclic amines) is 1. The number of aryl methyl sites for hydroxylation is 1. The molecule has 0 unspecified atom stereocenters. The van der Waals surface area contributed by atoms with Crippen molar-refractivity contribution in [3.05, 3.63) is 76.3 Å². The molecule has 3 aromatic rings. The summed E-state index contributed by atoms with van der Waals surface area (Å²) in [6.45, 7) is 3.19. The van der Waals surface area contributed by atoms with Crippen molar-refractivity contribution in [3.8, 4) is 22.6 Å². The van der Waals surface area contributed by atoms with Crippen LogP contribution in [0, 0.1) is 18.7 Å². The SMILES string of the molecule is Cc1cc(-c2cc(Cl)ccc2OCC2CN(C(=O)c3cc4c(cc3F)OCC(=O)C4)C2)ccn1. The van der Waals surface area contributed by atoms with E-state index in [-0.39, 0.29) is 30.3 Å². The zero-order valence-electron chi connectivity index (χ0n) is 18.5. The second-order valence-electron chi connectivity index (χ2n) is 8.66. The molecule has 2 aliphatic heterocycles. The molecule has 34 heavy (non-hydrogen) atoms. The van der Waals surface area contributed by atoms with Crippen LogP contribution in [0.15, 0.2) is 48.7 Å². The van der Waals surface area contributed by atoms with Crippen LogP contribution in [0.2, 0.25) is 5.02 Å². The number of amides is 1. The van der Waals surface area contributed by atoms with Crippen molar-refractivity contribution in [2.75, 3.05) is 26.3 Å². The Morgan fingerprint density at radius 3 is 2.85 bits per heavy atom. The van der Waals surface area contributed by atoms with Crippen LogP contribution in [-0.4, -0.2) is 47.9 Å². The van der Waals surface area contributed by atoms with Gasteiger partial charge in [-0.25, -0.2) is 4.39 Å². The number of aromatic nitrogens is 1. The van der Waals surface area contributed by atoms with Crippen molar-refractivity contribution in [1.82, 2.24) is 9.88 Å². The van der Waals surface area contributed by atoms with Gasteiger partial charge in [0.15, 0.2) is 5.78 Å². The number of halogens is 2. The van der Waals surface area contributed by atoms with Crippen molar-refractivity contribution in [1.29, 1.82) is 0 Å². The maximum absolute atomic E-state index is 14.5. The van der Waals surface area contributed by atoms with Crippen LogP contribution in [0.3, 0.4) is 0 Å². The molecule has 1 amide bonds. The van der Waals surface area contributed by atoms with Gasteiger partial charge in [-0.2, -0.15) is 0 Å². The summed E-state index contributed by atoms with van der Waals surface area (Å²) < 4.78 is 25.9. The van der Waals surface area contributed by atoms with E-state index in [1.54, 1.807) is 17.2 Å². The molecule has 0 bridgehead atoms. The third kappa shape index (κ3) is 4.48. The second kappa shape index (κ2) is 9.06. The van der Waals surface area contributed by atoms with E-state index in [9.17, 15) is 14.0 Å². The number of hydrogen-bond donors (Lipinski definition) is 0. The highest BCUT2D eigenvalue weighted by Crippen LogP contribution is 2.34. The van der Waals surface area contributed by atoms with Crippen LogP contribution in [0.4, 0.5) is 4.39 Å². The van der Waals surface area contributed by atoms with E-state index in [1.807, 2.05) is 31.2 Å². The van der Waals surface area contributed by atoms with Crippen LogP contribution < -0.4 is 9.47 Å². The molecule has 1 aromatic heterocycles. The van der Waals surface area contributed by atoms with E-state index in [2.05, 4.69) is 4.98 Å². The highest BCUT2D eigenvalue weighted by atomic mass is 35.5. The lowest BCUT2D eigenvalue weighted by molar-refractivity contribution is -0.121. The Bertz CT molecular complexity index is 1290. The van der Waals surface area contributed by atoms with Gasteiger partial charge in [-0.15, -0.1) is 0 Å². The number of carbonyl (C=O) groups excluding carboxylic acids is 2. The van der Waals surface area contributed by atoms with Gasteiger partial charge in [-0.3, -0.25) is 14.6 Å². The normalized spacial score (nSPS) is 15.4. The van der Waals surface area contributed by atoms with Gasteiger partial charge in [0, 0.05) is 59.5 Å². The summed E-state index contributed by atoms with van der Waals surface area (Å²) in [5.41, 5.74) is 3.23. The van der Waals surface area contributed by atoms with Crippen LogP contribution in [-0.2, 0) is 11.2 Å². The fraction of sp³-hybridized carbons (Fsp3) is 0.269. The van der Waals surface area contributed by atoms with E-state index in [1.165, 1.54) is 12.1 Å². The van der Waals surface area contributed by atoms with Gasteiger partial charge < -0.3 is 14.4 Å².